The Morgan fingerprint density at radius 1 is 1.00 bits per heavy atom. The molecule has 2 aromatic carbocycles. The number of carbonyl (C=O) groups excluding carboxylic acids is 1. The second kappa shape index (κ2) is 9.37. The molecule has 2 aromatic rings. The van der Waals surface area contributed by atoms with Crippen LogP contribution in [0.3, 0.4) is 0 Å². The number of ether oxygens (including phenoxy) is 4. The van der Waals surface area contributed by atoms with Crippen molar-refractivity contribution in [1.29, 1.82) is 0 Å². The highest BCUT2D eigenvalue weighted by Crippen LogP contribution is 2.39. The first-order valence-electron chi connectivity index (χ1n) is 8.35. The molecule has 0 aromatic heterocycles. The minimum atomic E-state index is -0.253. The van der Waals surface area contributed by atoms with Gasteiger partial charge in [0.15, 0.2) is 18.1 Å². The Balaban J connectivity index is 2.00. The van der Waals surface area contributed by atoms with E-state index < -0.39 is 0 Å². The van der Waals surface area contributed by atoms with Crippen molar-refractivity contribution in [3.8, 4) is 23.0 Å². The van der Waals surface area contributed by atoms with Gasteiger partial charge in [0.2, 0.25) is 5.75 Å². The van der Waals surface area contributed by atoms with Crippen LogP contribution in [0.4, 0.5) is 0 Å². The lowest BCUT2D eigenvalue weighted by Crippen LogP contribution is -2.28. The van der Waals surface area contributed by atoms with E-state index in [0.29, 0.717) is 28.0 Å². The van der Waals surface area contributed by atoms with Gasteiger partial charge in [0.05, 0.1) is 21.3 Å². The molecule has 27 heavy (non-hydrogen) atoms. The van der Waals surface area contributed by atoms with Crippen LogP contribution in [0.15, 0.2) is 24.3 Å². The van der Waals surface area contributed by atoms with Crippen LogP contribution in [-0.2, 0) is 11.3 Å². The van der Waals surface area contributed by atoms with Gasteiger partial charge in [-0.15, -0.1) is 0 Å². The van der Waals surface area contributed by atoms with Crippen molar-refractivity contribution < 1.29 is 23.7 Å². The topological polar surface area (TPSA) is 66.0 Å². The number of aryl methyl sites for hydroxylation is 2. The number of methoxy groups -OCH3 is 3. The van der Waals surface area contributed by atoms with Crippen LogP contribution >= 0.6 is 11.6 Å². The van der Waals surface area contributed by atoms with Crippen molar-refractivity contribution in [3.05, 3.63) is 46.0 Å². The lowest BCUT2D eigenvalue weighted by molar-refractivity contribution is -0.123. The van der Waals surface area contributed by atoms with Gasteiger partial charge in [0.1, 0.15) is 5.75 Å². The third-order valence-corrected chi connectivity index (χ3v) is 4.64. The second-order valence-corrected chi connectivity index (χ2v) is 6.31. The summed E-state index contributed by atoms with van der Waals surface area (Å²) >= 11 is 6.14. The molecule has 0 aliphatic rings. The Kier molecular flexibility index (Phi) is 7.19. The molecule has 0 heterocycles. The van der Waals surface area contributed by atoms with E-state index in [2.05, 4.69) is 5.32 Å². The molecule has 0 atom stereocenters. The molecule has 0 fully saturated rings. The van der Waals surface area contributed by atoms with Crippen molar-refractivity contribution >= 4 is 17.5 Å². The van der Waals surface area contributed by atoms with Crippen molar-refractivity contribution in [2.45, 2.75) is 20.4 Å². The minimum Gasteiger partial charge on any atom is -0.493 e. The van der Waals surface area contributed by atoms with E-state index in [1.54, 1.807) is 25.3 Å². The summed E-state index contributed by atoms with van der Waals surface area (Å²) < 4.78 is 21.6. The second-order valence-electron chi connectivity index (χ2n) is 5.93. The number of halogens is 1. The maximum atomic E-state index is 12.1. The number of amides is 1. The zero-order valence-corrected chi connectivity index (χ0v) is 16.9. The molecule has 1 N–H and O–H groups in total. The molecule has 0 aliphatic carbocycles. The average molecular weight is 394 g/mol. The predicted molar refractivity (Wildman–Crippen MR) is 104 cm³/mol. The van der Waals surface area contributed by atoms with Gasteiger partial charge in [-0.2, -0.15) is 0 Å². The predicted octanol–water partition coefficient (Wildman–Crippen LogP) is 3.68. The lowest BCUT2D eigenvalue weighted by atomic mass is 10.1. The summed E-state index contributed by atoms with van der Waals surface area (Å²) in [4.78, 5) is 12.1. The van der Waals surface area contributed by atoms with E-state index in [-0.39, 0.29) is 19.1 Å². The molecule has 0 unspecified atom stereocenters. The van der Waals surface area contributed by atoms with Crippen LogP contribution in [0.5, 0.6) is 23.0 Å². The molecule has 0 radical (unpaired) electrons. The van der Waals surface area contributed by atoms with E-state index >= 15 is 0 Å². The lowest BCUT2D eigenvalue weighted by Gasteiger charge is -2.16. The summed E-state index contributed by atoms with van der Waals surface area (Å²) in [5.74, 6) is 1.91. The zero-order chi connectivity index (χ0) is 20.0. The first-order chi connectivity index (χ1) is 12.9. The summed E-state index contributed by atoms with van der Waals surface area (Å²) in [5.41, 5.74) is 2.57. The van der Waals surface area contributed by atoms with Crippen molar-refractivity contribution in [2.75, 3.05) is 27.9 Å². The fraction of sp³-hybridized carbons (Fsp3) is 0.350. The van der Waals surface area contributed by atoms with Crippen LogP contribution in [0.2, 0.25) is 5.02 Å². The normalized spacial score (nSPS) is 10.3. The van der Waals surface area contributed by atoms with Gasteiger partial charge < -0.3 is 24.3 Å². The molecule has 0 spiro atoms. The Labute approximate surface area is 164 Å². The number of benzene rings is 2. The van der Waals surface area contributed by atoms with Crippen molar-refractivity contribution in [2.24, 2.45) is 0 Å². The molecule has 6 nitrogen and oxygen atoms in total. The van der Waals surface area contributed by atoms with Crippen molar-refractivity contribution in [1.82, 2.24) is 5.32 Å². The Hall–Kier alpha value is -2.60. The van der Waals surface area contributed by atoms with Gasteiger partial charge in [-0.1, -0.05) is 11.6 Å². The summed E-state index contributed by atoms with van der Waals surface area (Å²) in [6.45, 7) is 3.96. The number of nitrogens with one attached hydrogen (secondary N) is 1. The summed E-state index contributed by atoms with van der Waals surface area (Å²) in [6, 6.07) is 7.19. The molecule has 7 heteroatoms. The highest BCUT2D eigenvalue weighted by molar-refractivity contribution is 6.32. The molecule has 0 aliphatic heterocycles. The Bertz CT molecular complexity index is 799. The van der Waals surface area contributed by atoms with Gasteiger partial charge in [0, 0.05) is 17.1 Å². The van der Waals surface area contributed by atoms with Gasteiger partial charge in [-0.05, 0) is 49.2 Å². The SMILES string of the molecule is COc1ccc(CNC(=O)COc2cc(C)c(Cl)c(C)c2)c(OC)c1OC. The largest absolute Gasteiger partial charge is 0.493 e. The van der Waals surface area contributed by atoms with E-state index in [1.165, 1.54) is 14.2 Å². The first-order valence-corrected chi connectivity index (χ1v) is 8.73. The number of hydrogen-bond donors (Lipinski definition) is 1. The molecule has 146 valence electrons. The van der Waals surface area contributed by atoms with Crippen molar-refractivity contribution in [3.63, 3.8) is 0 Å². The van der Waals surface area contributed by atoms with E-state index in [9.17, 15) is 4.79 Å². The minimum absolute atomic E-state index is 0.101. The third-order valence-electron chi connectivity index (χ3n) is 4.04. The molecular formula is C20H24ClNO5. The van der Waals surface area contributed by atoms with Gasteiger partial charge >= 0.3 is 0 Å². The summed E-state index contributed by atoms with van der Waals surface area (Å²) in [6.07, 6.45) is 0. The molecule has 0 saturated heterocycles. The van der Waals surface area contributed by atoms with Crippen LogP contribution in [-0.4, -0.2) is 33.8 Å². The van der Waals surface area contributed by atoms with Gasteiger partial charge in [-0.3, -0.25) is 4.79 Å². The molecule has 0 saturated carbocycles. The van der Waals surface area contributed by atoms with Crippen LogP contribution in [0, 0.1) is 13.8 Å². The number of rotatable bonds is 8. The molecule has 2 rings (SSSR count). The van der Waals surface area contributed by atoms with Gasteiger partial charge in [0.25, 0.3) is 5.91 Å². The molecular weight excluding hydrogens is 370 g/mol. The number of hydrogen-bond acceptors (Lipinski definition) is 5. The smallest absolute Gasteiger partial charge is 0.258 e. The Morgan fingerprint density at radius 3 is 2.19 bits per heavy atom. The van der Waals surface area contributed by atoms with Crippen LogP contribution in [0.1, 0.15) is 16.7 Å². The van der Waals surface area contributed by atoms with Gasteiger partial charge in [-0.25, -0.2) is 0 Å². The summed E-state index contributed by atoms with van der Waals surface area (Å²) in [5, 5.41) is 3.51. The Morgan fingerprint density at radius 2 is 1.63 bits per heavy atom. The standard InChI is InChI=1S/C20H24ClNO5/c1-12-8-15(9-13(2)18(12)21)27-11-17(23)22-10-14-6-7-16(24-3)20(26-5)19(14)25-4/h6-9H,10-11H2,1-5H3,(H,22,23). The highest BCUT2D eigenvalue weighted by atomic mass is 35.5. The van der Waals surface area contributed by atoms with Crippen LogP contribution < -0.4 is 24.3 Å². The number of carbonyl (C=O) groups is 1. The third kappa shape index (κ3) is 4.98. The monoisotopic (exact) mass is 393 g/mol. The van der Waals surface area contributed by atoms with Crippen LogP contribution in [0.25, 0.3) is 0 Å². The maximum Gasteiger partial charge on any atom is 0.258 e. The average Bonchev–Trinajstić information content (AvgIpc) is 2.67. The fourth-order valence-corrected chi connectivity index (χ4v) is 2.79. The van der Waals surface area contributed by atoms with E-state index in [4.69, 9.17) is 30.5 Å². The quantitative estimate of drug-likeness (QED) is 0.741. The molecule has 0 bridgehead atoms. The fourth-order valence-electron chi connectivity index (χ4n) is 2.69. The molecule has 1 amide bonds. The summed E-state index contributed by atoms with van der Waals surface area (Å²) in [7, 11) is 4.62. The highest BCUT2D eigenvalue weighted by Gasteiger charge is 2.16. The first kappa shape index (κ1) is 20.7. The van der Waals surface area contributed by atoms with E-state index in [0.717, 1.165) is 16.7 Å². The van der Waals surface area contributed by atoms with E-state index in [1.807, 2.05) is 19.9 Å². The zero-order valence-electron chi connectivity index (χ0n) is 16.1. The maximum absolute atomic E-state index is 12.1.